The molecule has 0 aromatic heterocycles. The SMILES string of the molecule is CCCCCCC1CCC(c2ccc(-c3ccc(OCCC)c(F)c3F)c(F)c2)OC1. The van der Waals surface area contributed by atoms with E-state index in [2.05, 4.69) is 6.92 Å². The summed E-state index contributed by atoms with van der Waals surface area (Å²) < 4.78 is 54.9. The van der Waals surface area contributed by atoms with Crippen molar-refractivity contribution in [1.82, 2.24) is 0 Å². The summed E-state index contributed by atoms with van der Waals surface area (Å²) in [5.41, 5.74) is 0.670. The fourth-order valence-corrected chi connectivity index (χ4v) is 4.17. The van der Waals surface area contributed by atoms with E-state index in [9.17, 15) is 13.2 Å². The summed E-state index contributed by atoms with van der Waals surface area (Å²) in [4.78, 5) is 0. The average molecular weight is 435 g/mol. The molecule has 3 rings (SSSR count). The lowest BCUT2D eigenvalue weighted by Crippen LogP contribution is -2.20. The third kappa shape index (κ3) is 6.03. The van der Waals surface area contributed by atoms with E-state index < -0.39 is 17.5 Å². The Morgan fingerprint density at radius 2 is 1.71 bits per heavy atom. The minimum atomic E-state index is -1.10. The van der Waals surface area contributed by atoms with Crippen molar-refractivity contribution in [2.45, 2.75) is 71.3 Å². The Morgan fingerprint density at radius 1 is 0.903 bits per heavy atom. The molecule has 0 saturated carbocycles. The largest absolute Gasteiger partial charge is 0.490 e. The van der Waals surface area contributed by atoms with E-state index in [-0.39, 0.29) is 23.0 Å². The molecule has 1 heterocycles. The Balaban J connectivity index is 1.65. The number of rotatable bonds is 10. The molecule has 2 nitrogen and oxygen atoms in total. The van der Waals surface area contributed by atoms with Gasteiger partial charge in [0.15, 0.2) is 11.6 Å². The molecule has 0 spiro atoms. The average Bonchev–Trinajstić information content (AvgIpc) is 2.78. The van der Waals surface area contributed by atoms with E-state index in [1.807, 2.05) is 6.92 Å². The second kappa shape index (κ2) is 11.6. The van der Waals surface area contributed by atoms with Gasteiger partial charge in [-0.2, -0.15) is 4.39 Å². The van der Waals surface area contributed by atoms with E-state index in [0.717, 1.165) is 18.4 Å². The van der Waals surface area contributed by atoms with Gasteiger partial charge in [-0.15, -0.1) is 0 Å². The predicted molar refractivity (Wildman–Crippen MR) is 118 cm³/mol. The molecule has 170 valence electrons. The fraction of sp³-hybridized carbons (Fsp3) is 0.538. The summed E-state index contributed by atoms with van der Waals surface area (Å²) >= 11 is 0. The van der Waals surface area contributed by atoms with E-state index in [1.165, 1.54) is 56.4 Å². The van der Waals surface area contributed by atoms with E-state index >= 15 is 0 Å². The maximum absolute atomic E-state index is 14.8. The van der Waals surface area contributed by atoms with Gasteiger partial charge in [0.05, 0.1) is 19.3 Å². The van der Waals surface area contributed by atoms with Crippen LogP contribution in [0.5, 0.6) is 5.75 Å². The van der Waals surface area contributed by atoms with Crippen molar-refractivity contribution < 1.29 is 22.6 Å². The minimum absolute atomic E-state index is 0.0341. The molecule has 0 N–H and O–H groups in total. The zero-order chi connectivity index (χ0) is 22.2. The summed E-state index contributed by atoms with van der Waals surface area (Å²) in [6, 6.07) is 7.36. The number of benzene rings is 2. The van der Waals surface area contributed by atoms with Crippen LogP contribution in [0.25, 0.3) is 11.1 Å². The van der Waals surface area contributed by atoms with Crippen LogP contribution in [0.2, 0.25) is 0 Å². The topological polar surface area (TPSA) is 18.5 Å². The fourth-order valence-electron chi connectivity index (χ4n) is 4.17. The highest BCUT2D eigenvalue weighted by molar-refractivity contribution is 5.66. The second-order valence-corrected chi connectivity index (χ2v) is 8.44. The van der Waals surface area contributed by atoms with Crippen molar-refractivity contribution in [2.75, 3.05) is 13.2 Å². The van der Waals surface area contributed by atoms with Crippen molar-refractivity contribution in [3.05, 3.63) is 53.3 Å². The summed E-state index contributed by atoms with van der Waals surface area (Å²) in [5.74, 6) is -2.35. The molecule has 2 aromatic carbocycles. The lowest BCUT2D eigenvalue weighted by Gasteiger charge is -2.29. The van der Waals surface area contributed by atoms with Gasteiger partial charge in [-0.1, -0.05) is 51.7 Å². The van der Waals surface area contributed by atoms with Gasteiger partial charge in [0, 0.05) is 11.1 Å². The van der Waals surface area contributed by atoms with Gasteiger partial charge < -0.3 is 9.47 Å². The predicted octanol–water partition coefficient (Wildman–Crippen LogP) is 8.00. The van der Waals surface area contributed by atoms with Crippen LogP contribution in [0.4, 0.5) is 13.2 Å². The molecule has 1 saturated heterocycles. The van der Waals surface area contributed by atoms with Crippen molar-refractivity contribution in [3.63, 3.8) is 0 Å². The Labute approximate surface area is 183 Å². The van der Waals surface area contributed by atoms with Gasteiger partial charge >= 0.3 is 0 Å². The Morgan fingerprint density at radius 3 is 2.39 bits per heavy atom. The van der Waals surface area contributed by atoms with Crippen LogP contribution in [0.3, 0.4) is 0 Å². The first-order valence-electron chi connectivity index (χ1n) is 11.6. The van der Waals surface area contributed by atoms with Crippen LogP contribution < -0.4 is 4.74 Å². The molecule has 1 aliphatic heterocycles. The molecule has 2 atom stereocenters. The number of unbranched alkanes of at least 4 members (excludes halogenated alkanes) is 3. The van der Waals surface area contributed by atoms with Gasteiger partial charge in [-0.3, -0.25) is 0 Å². The molecule has 5 heteroatoms. The molecule has 1 aliphatic rings. The lowest BCUT2D eigenvalue weighted by atomic mass is 9.90. The van der Waals surface area contributed by atoms with E-state index in [1.54, 1.807) is 6.07 Å². The number of ether oxygens (including phenoxy) is 2. The number of halogens is 3. The van der Waals surface area contributed by atoms with Crippen LogP contribution in [0.15, 0.2) is 30.3 Å². The quantitative estimate of drug-likeness (QED) is 0.353. The van der Waals surface area contributed by atoms with Crippen molar-refractivity contribution >= 4 is 0 Å². The van der Waals surface area contributed by atoms with Crippen molar-refractivity contribution in [1.29, 1.82) is 0 Å². The zero-order valence-electron chi connectivity index (χ0n) is 18.6. The first-order valence-corrected chi connectivity index (χ1v) is 11.6. The molecule has 31 heavy (non-hydrogen) atoms. The minimum Gasteiger partial charge on any atom is -0.490 e. The highest BCUT2D eigenvalue weighted by Crippen LogP contribution is 2.36. The summed E-state index contributed by atoms with van der Waals surface area (Å²) in [6.07, 6.45) is 8.65. The maximum atomic E-state index is 14.8. The van der Waals surface area contributed by atoms with Crippen LogP contribution in [-0.2, 0) is 4.74 Å². The van der Waals surface area contributed by atoms with Crippen LogP contribution in [0.1, 0.15) is 76.9 Å². The van der Waals surface area contributed by atoms with Crippen LogP contribution in [0, 0.1) is 23.4 Å². The molecule has 1 fully saturated rings. The van der Waals surface area contributed by atoms with Gasteiger partial charge in [0.2, 0.25) is 5.82 Å². The second-order valence-electron chi connectivity index (χ2n) is 8.44. The molecule has 2 aromatic rings. The van der Waals surface area contributed by atoms with Crippen molar-refractivity contribution in [2.24, 2.45) is 5.92 Å². The Hall–Kier alpha value is -2.01. The van der Waals surface area contributed by atoms with E-state index in [0.29, 0.717) is 25.6 Å². The Kier molecular flexibility index (Phi) is 8.82. The van der Waals surface area contributed by atoms with Gasteiger partial charge in [-0.05, 0) is 55.4 Å². The standard InChI is InChI=1S/C26H33F3O2/c1-3-5-6-7-8-18-9-13-23(31-17-18)19-10-11-20(22(27)16-19)21-12-14-24(30-15-4-2)26(29)25(21)28/h10-12,14,16,18,23H,3-9,13,15,17H2,1-2H3. The van der Waals surface area contributed by atoms with Gasteiger partial charge in [-0.25, -0.2) is 8.78 Å². The zero-order valence-corrected chi connectivity index (χ0v) is 18.6. The lowest BCUT2D eigenvalue weighted by molar-refractivity contribution is -0.0200. The normalized spacial score (nSPS) is 18.9. The number of hydrogen-bond donors (Lipinski definition) is 0. The maximum Gasteiger partial charge on any atom is 0.201 e. The third-order valence-corrected chi connectivity index (χ3v) is 6.00. The van der Waals surface area contributed by atoms with Crippen LogP contribution in [-0.4, -0.2) is 13.2 Å². The smallest absolute Gasteiger partial charge is 0.201 e. The molecular formula is C26H33F3O2. The number of hydrogen-bond acceptors (Lipinski definition) is 2. The summed E-state index contributed by atoms with van der Waals surface area (Å²) in [5, 5.41) is 0. The molecule has 2 unspecified atom stereocenters. The first-order chi connectivity index (χ1) is 15.0. The molecule has 0 aliphatic carbocycles. The molecule has 0 amide bonds. The first kappa shape index (κ1) is 23.6. The third-order valence-electron chi connectivity index (χ3n) is 6.00. The van der Waals surface area contributed by atoms with Crippen LogP contribution >= 0.6 is 0 Å². The molecule has 0 radical (unpaired) electrons. The summed E-state index contributed by atoms with van der Waals surface area (Å²) in [7, 11) is 0. The molecule has 0 bridgehead atoms. The van der Waals surface area contributed by atoms with Crippen molar-refractivity contribution in [3.8, 4) is 16.9 Å². The highest BCUT2D eigenvalue weighted by atomic mass is 19.2. The molecular weight excluding hydrogens is 401 g/mol. The monoisotopic (exact) mass is 434 g/mol. The van der Waals surface area contributed by atoms with E-state index in [4.69, 9.17) is 9.47 Å². The van der Waals surface area contributed by atoms with Gasteiger partial charge in [0.25, 0.3) is 0 Å². The Bertz CT molecular complexity index is 845. The summed E-state index contributed by atoms with van der Waals surface area (Å²) in [6.45, 7) is 5.07. The highest BCUT2D eigenvalue weighted by Gasteiger charge is 2.24. The van der Waals surface area contributed by atoms with Gasteiger partial charge in [0.1, 0.15) is 5.82 Å².